The number of amides is 2. The molecule has 2 atom stereocenters. The molecule has 20 heavy (non-hydrogen) atoms. The van der Waals surface area contributed by atoms with Crippen LogP contribution in [-0.2, 0) is 9.53 Å². The van der Waals surface area contributed by atoms with Gasteiger partial charge in [0.2, 0.25) is 0 Å². The van der Waals surface area contributed by atoms with E-state index in [0.717, 1.165) is 10.9 Å². The second kappa shape index (κ2) is 7.89. The van der Waals surface area contributed by atoms with E-state index in [9.17, 15) is 9.59 Å². The molecule has 2 amide bonds. The molecule has 1 rings (SSSR count). The number of benzene rings is 1. The summed E-state index contributed by atoms with van der Waals surface area (Å²) in [6.45, 7) is 3.84. The van der Waals surface area contributed by atoms with Gasteiger partial charge < -0.3 is 15.4 Å². The van der Waals surface area contributed by atoms with Gasteiger partial charge in [0.1, 0.15) is 6.04 Å². The number of carbonyl (C=O) groups excluding carboxylic acids is 2. The fraction of sp³-hybridized carbons (Fsp3) is 0.429. The summed E-state index contributed by atoms with van der Waals surface area (Å²) in [6, 6.07) is 6.12. The van der Waals surface area contributed by atoms with Crippen LogP contribution >= 0.6 is 15.9 Å². The van der Waals surface area contributed by atoms with E-state index < -0.39 is 18.0 Å². The number of urea groups is 1. The van der Waals surface area contributed by atoms with E-state index in [1.165, 1.54) is 7.11 Å². The van der Waals surface area contributed by atoms with Crippen molar-refractivity contribution in [3.63, 3.8) is 0 Å². The van der Waals surface area contributed by atoms with Crippen molar-refractivity contribution < 1.29 is 14.3 Å². The largest absolute Gasteiger partial charge is 0.467 e. The topological polar surface area (TPSA) is 67.4 Å². The van der Waals surface area contributed by atoms with Crippen molar-refractivity contribution in [1.82, 2.24) is 5.32 Å². The summed E-state index contributed by atoms with van der Waals surface area (Å²) in [7, 11) is 1.31. The van der Waals surface area contributed by atoms with Gasteiger partial charge in [0.25, 0.3) is 0 Å². The Labute approximate surface area is 127 Å². The van der Waals surface area contributed by atoms with Crippen LogP contribution in [0.4, 0.5) is 10.5 Å². The summed E-state index contributed by atoms with van der Waals surface area (Å²) in [5.74, 6) is -0.445. The number of hydrogen-bond donors (Lipinski definition) is 2. The van der Waals surface area contributed by atoms with Crippen LogP contribution in [0.3, 0.4) is 0 Å². The summed E-state index contributed by atoms with van der Waals surface area (Å²) >= 11 is 3.33. The van der Waals surface area contributed by atoms with Crippen LogP contribution < -0.4 is 10.6 Å². The Morgan fingerprint density at radius 1 is 1.40 bits per heavy atom. The molecular weight excluding hydrogens is 324 g/mol. The first-order chi connectivity index (χ1) is 9.47. The number of hydrogen-bond acceptors (Lipinski definition) is 3. The summed E-state index contributed by atoms with van der Waals surface area (Å²) in [6.07, 6.45) is 0.761. The van der Waals surface area contributed by atoms with Crippen LogP contribution in [0.15, 0.2) is 28.7 Å². The number of anilines is 1. The minimum absolute atomic E-state index is 0.00397. The monoisotopic (exact) mass is 342 g/mol. The third-order valence-corrected chi connectivity index (χ3v) is 3.53. The van der Waals surface area contributed by atoms with Gasteiger partial charge in [-0.05, 0) is 24.1 Å². The third-order valence-electron chi connectivity index (χ3n) is 3.04. The van der Waals surface area contributed by atoms with Crippen molar-refractivity contribution in [2.45, 2.75) is 26.3 Å². The van der Waals surface area contributed by atoms with Gasteiger partial charge >= 0.3 is 12.0 Å². The zero-order chi connectivity index (χ0) is 15.1. The smallest absolute Gasteiger partial charge is 0.328 e. The Kier molecular flexibility index (Phi) is 6.51. The van der Waals surface area contributed by atoms with Crippen LogP contribution in [0, 0.1) is 5.92 Å². The number of methoxy groups -OCH3 is 1. The molecule has 0 fully saturated rings. The van der Waals surface area contributed by atoms with Gasteiger partial charge in [0.05, 0.1) is 7.11 Å². The van der Waals surface area contributed by atoms with Gasteiger partial charge in [-0.3, -0.25) is 0 Å². The molecule has 5 nitrogen and oxygen atoms in total. The van der Waals surface area contributed by atoms with Crippen molar-refractivity contribution >= 4 is 33.6 Å². The molecule has 0 aromatic heterocycles. The van der Waals surface area contributed by atoms with Gasteiger partial charge in [0.15, 0.2) is 0 Å². The van der Waals surface area contributed by atoms with E-state index in [4.69, 9.17) is 4.74 Å². The molecule has 0 saturated carbocycles. The molecule has 0 aliphatic heterocycles. The number of ether oxygens (including phenoxy) is 1. The number of carbonyl (C=O) groups is 2. The molecule has 1 aromatic rings. The molecule has 0 spiro atoms. The van der Waals surface area contributed by atoms with Gasteiger partial charge in [-0.15, -0.1) is 0 Å². The number of esters is 1. The lowest BCUT2D eigenvalue weighted by atomic mass is 9.99. The van der Waals surface area contributed by atoms with Crippen LogP contribution in [0.25, 0.3) is 0 Å². The standard InChI is InChI=1S/C14H19BrN2O3/c1-4-9(2)12(13(18)20-3)17-14(19)16-11-7-5-6-10(15)8-11/h5-9,12H,4H2,1-3H3,(H2,16,17,19)/t9?,12-/m0/s1. The lowest BCUT2D eigenvalue weighted by molar-refractivity contribution is -0.144. The molecule has 0 aliphatic rings. The highest BCUT2D eigenvalue weighted by Crippen LogP contribution is 2.16. The minimum atomic E-state index is -0.655. The van der Waals surface area contributed by atoms with Crippen LogP contribution in [0.1, 0.15) is 20.3 Å². The van der Waals surface area contributed by atoms with Crippen LogP contribution in [0.2, 0.25) is 0 Å². The highest BCUT2D eigenvalue weighted by molar-refractivity contribution is 9.10. The molecule has 0 saturated heterocycles. The summed E-state index contributed by atoms with van der Waals surface area (Å²) in [4.78, 5) is 23.6. The van der Waals surface area contributed by atoms with Gasteiger partial charge in [-0.25, -0.2) is 9.59 Å². The molecule has 0 radical (unpaired) electrons. The second-order valence-corrected chi connectivity index (χ2v) is 5.41. The quantitative estimate of drug-likeness (QED) is 0.807. The zero-order valence-electron chi connectivity index (χ0n) is 11.8. The Bertz CT molecular complexity index is 479. The van der Waals surface area contributed by atoms with Crippen molar-refractivity contribution in [2.24, 2.45) is 5.92 Å². The number of halogens is 1. The highest BCUT2D eigenvalue weighted by atomic mass is 79.9. The first-order valence-electron chi connectivity index (χ1n) is 6.38. The molecule has 1 aromatic carbocycles. The molecule has 110 valence electrons. The average Bonchev–Trinajstić information content (AvgIpc) is 2.43. The number of rotatable bonds is 5. The minimum Gasteiger partial charge on any atom is -0.467 e. The van der Waals surface area contributed by atoms with Crippen LogP contribution in [0.5, 0.6) is 0 Å². The average molecular weight is 343 g/mol. The maximum atomic E-state index is 11.9. The second-order valence-electron chi connectivity index (χ2n) is 4.50. The SMILES string of the molecule is CCC(C)[C@H](NC(=O)Nc1cccc(Br)c1)C(=O)OC. The highest BCUT2D eigenvalue weighted by Gasteiger charge is 2.26. The Balaban J connectivity index is 2.69. The lowest BCUT2D eigenvalue weighted by Crippen LogP contribution is -2.47. The van der Waals surface area contributed by atoms with E-state index in [1.54, 1.807) is 12.1 Å². The molecule has 0 heterocycles. The first-order valence-corrected chi connectivity index (χ1v) is 7.18. The molecule has 0 bridgehead atoms. The molecular formula is C14H19BrN2O3. The third kappa shape index (κ3) is 4.85. The molecule has 0 aliphatic carbocycles. The fourth-order valence-electron chi connectivity index (χ4n) is 1.67. The maximum absolute atomic E-state index is 11.9. The van der Waals surface area contributed by atoms with E-state index in [2.05, 4.69) is 26.6 Å². The predicted octanol–water partition coefficient (Wildman–Crippen LogP) is 3.16. The Hall–Kier alpha value is -1.56. The van der Waals surface area contributed by atoms with Gasteiger partial charge in [-0.2, -0.15) is 0 Å². The van der Waals surface area contributed by atoms with Crippen LogP contribution in [-0.4, -0.2) is 25.2 Å². The molecule has 2 N–H and O–H groups in total. The van der Waals surface area contributed by atoms with E-state index in [-0.39, 0.29) is 5.92 Å². The maximum Gasteiger partial charge on any atom is 0.328 e. The fourth-order valence-corrected chi connectivity index (χ4v) is 2.07. The van der Waals surface area contributed by atoms with Crippen molar-refractivity contribution in [1.29, 1.82) is 0 Å². The molecule has 6 heteroatoms. The Morgan fingerprint density at radius 3 is 2.65 bits per heavy atom. The zero-order valence-corrected chi connectivity index (χ0v) is 13.4. The summed E-state index contributed by atoms with van der Waals surface area (Å²) < 4.78 is 5.58. The van der Waals surface area contributed by atoms with E-state index in [0.29, 0.717) is 5.69 Å². The van der Waals surface area contributed by atoms with Crippen molar-refractivity contribution in [2.75, 3.05) is 12.4 Å². The lowest BCUT2D eigenvalue weighted by Gasteiger charge is -2.22. The normalized spacial score (nSPS) is 13.2. The van der Waals surface area contributed by atoms with Gasteiger partial charge in [-0.1, -0.05) is 42.3 Å². The Morgan fingerprint density at radius 2 is 2.10 bits per heavy atom. The summed E-state index contributed by atoms with van der Waals surface area (Å²) in [5.41, 5.74) is 0.643. The van der Waals surface area contributed by atoms with E-state index >= 15 is 0 Å². The summed E-state index contributed by atoms with van der Waals surface area (Å²) in [5, 5.41) is 5.33. The van der Waals surface area contributed by atoms with Crippen molar-refractivity contribution in [3.05, 3.63) is 28.7 Å². The number of nitrogens with one attached hydrogen (secondary N) is 2. The van der Waals surface area contributed by atoms with Crippen molar-refractivity contribution in [3.8, 4) is 0 Å². The molecule has 1 unspecified atom stereocenters. The van der Waals surface area contributed by atoms with Gasteiger partial charge in [0, 0.05) is 10.2 Å². The predicted molar refractivity (Wildman–Crippen MR) is 81.6 cm³/mol. The van der Waals surface area contributed by atoms with E-state index in [1.807, 2.05) is 26.0 Å². The first kappa shape index (κ1) is 16.5.